The summed E-state index contributed by atoms with van der Waals surface area (Å²) in [6.45, 7) is 0.458. The van der Waals surface area contributed by atoms with E-state index in [0.29, 0.717) is 37.4 Å². The van der Waals surface area contributed by atoms with Crippen LogP contribution in [0.3, 0.4) is 0 Å². The highest BCUT2D eigenvalue weighted by molar-refractivity contribution is 7.89. The van der Waals surface area contributed by atoms with Gasteiger partial charge in [0.15, 0.2) is 0 Å². The molecule has 1 atom stereocenters. The van der Waals surface area contributed by atoms with Crippen molar-refractivity contribution in [2.75, 3.05) is 25.5 Å². The Labute approximate surface area is 184 Å². The van der Waals surface area contributed by atoms with E-state index in [9.17, 15) is 13.2 Å². The largest absolute Gasteiger partial charge is 0.497 e. The van der Waals surface area contributed by atoms with E-state index < -0.39 is 15.9 Å². The molecule has 4 rings (SSSR count). The van der Waals surface area contributed by atoms with Crippen molar-refractivity contribution in [1.29, 1.82) is 0 Å². The van der Waals surface area contributed by atoms with E-state index in [1.807, 2.05) is 17.5 Å². The molecular formula is C20H22N4O5S2. The molecule has 0 radical (unpaired) electrons. The zero-order valence-electron chi connectivity index (χ0n) is 16.9. The lowest BCUT2D eigenvalue weighted by atomic mass is 9.99. The SMILES string of the molecule is COc1ccc(S(=O)(=O)N2CCCC(C(=O)Nc3nnc(Cc4cccs4)o3)C2)cc1. The smallest absolute Gasteiger partial charge is 0.322 e. The molecular weight excluding hydrogens is 440 g/mol. The minimum atomic E-state index is -3.70. The van der Waals surface area contributed by atoms with Gasteiger partial charge in [0.05, 0.1) is 24.3 Å². The summed E-state index contributed by atoms with van der Waals surface area (Å²) >= 11 is 1.58. The summed E-state index contributed by atoms with van der Waals surface area (Å²) < 4.78 is 37.9. The zero-order valence-corrected chi connectivity index (χ0v) is 18.5. The van der Waals surface area contributed by atoms with Crippen LogP contribution in [0.5, 0.6) is 5.75 Å². The molecule has 3 aromatic rings. The van der Waals surface area contributed by atoms with Gasteiger partial charge >= 0.3 is 6.01 Å². The minimum Gasteiger partial charge on any atom is -0.497 e. The number of amides is 1. The lowest BCUT2D eigenvalue weighted by Crippen LogP contribution is -2.43. The van der Waals surface area contributed by atoms with Gasteiger partial charge in [0.2, 0.25) is 21.8 Å². The predicted molar refractivity (Wildman–Crippen MR) is 115 cm³/mol. The van der Waals surface area contributed by atoms with Gasteiger partial charge in [-0.2, -0.15) is 4.31 Å². The number of nitrogens with zero attached hydrogens (tertiary/aromatic N) is 3. The van der Waals surface area contributed by atoms with Crippen molar-refractivity contribution >= 4 is 33.3 Å². The second kappa shape index (κ2) is 9.16. The number of carbonyl (C=O) groups is 1. The first-order valence-electron chi connectivity index (χ1n) is 9.75. The van der Waals surface area contributed by atoms with Crippen molar-refractivity contribution in [3.8, 4) is 5.75 Å². The van der Waals surface area contributed by atoms with E-state index in [1.165, 1.54) is 23.5 Å². The average Bonchev–Trinajstić information content (AvgIpc) is 3.46. The Morgan fingerprint density at radius 1 is 1.29 bits per heavy atom. The first-order valence-corrected chi connectivity index (χ1v) is 12.1. The highest BCUT2D eigenvalue weighted by Crippen LogP contribution is 2.26. The van der Waals surface area contributed by atoms with E-state index in [4.69, 9.17) is 9.15 Å². The van der Waals surface area contributed by atoms with Gasteiger partial charge in [-0.1, -0.05) is 11.2 Å². The van der Waals surface area contributed by atoms with Gasteiger partial charge in [0, 0.05) is 18.0 Å². The third kappa shape index (κ3) is 4.94. The normalized spacial score (nSPS) is 17.4. The van der Waals surface area contributed by atoms with Crippen LogP contribution in [0.15, 0.2) is 51.1 Å². The molecule has 1 aromatic carbocycles. The summed E-state index contributed by atoms with van der Waals surface area (Å²) in [4.78, 5) is 14.0. The van der Waals surface area contributed by atoms with Crippen molar-refractivity contribution in [3.05, 3.63) is 52.5 Å². The highest BCUT2D eigenvalue weighted by Gasteiger charge is 2.33. The molecule has 1 aliphatic rings. The molecule has 1 amide bonds. The van der Waals surface area contributed by atoms with Crippen LogP contribution in [0, 0.1) is 5.92 Å². The summed E-state index contributed by atoms with van der Waals surface area (Å²) in [7, 11) is -2.18. The first-order chi connectivity index (χ1) is 15.0. The van der Waals surface area contributed by atoms with Crippen LogP contribution in [0.1, 0.15) is 23.6 Å². The summed E-state index contributed by atoms with van der Waals surface area (Å²) in [5, 5.41) is 12.4. The van der Waals surface area contributed by atoms with Gasteiger partial charge in [-0.15, -0.1) is 16.4 Å². The number of hydrogen-bond acceptors (Lipinski definition) is 8. The Balaban J connectivity index is 1.39. The number of benzene rings is 1. The average molecular weight is 463 g/mol. The molecule has 2 aromatic heterocycles. The van der Waals surface area contributed by atoms with E-state index in [0.717, 1.165) is 4.88 Å². The molecule has 0 spiro atoms. The standard InChI is InChI=1S/C20H22N4O5S2/c1-28-15-6-8-17(9-7-15)31(26,27)24-10-2-4-14(13-24)19(25)21-20-23-22-18(29-20)12-16-5-3-11-30-16/h3,5-9,11,14H,2,4,10,12-13H2,1H3,(H,21,23,25). The summed E-state index contributed by atoms with van der Waals surface area (Å²) in [5.41, 5.74) is 0. The fraction of sp³-hybridized carbons (Fsp3) is 0.350. The molecule has 0 saturated carbocycles. The Morgan fingerprint density at radius 3 is 2.81 bits per heavy atom. The molecule has 3 heterocycles. The summed E-state index contributed by atoms with van der Waals surface area (Å²) in [6.07, 6.45) is 1.66. The zero-order chi connectivity index (χ0) is 21.8. The Bertz CT molecular complexity index is 1130. The fourth-order valence-electron chi connectivity index (χ4n) is 3.42. The predicted octanol–water partition coefficient (Wildman–Crippen LogP) is 2.77. The number of carbonyl (C=O) groups excluding carboxylic acids is 1. The number of ether oxygens (including phenoxy) is 1. The number of nitrogens with one attached hydrogen (secondary N) is 1. The molecule has 9 nitrogen and oxygen atoms in total. The van der Waals surface area contributed by atoms with Crippen molar-refractivity contribution in [3.63, 3.8) is 0 Å². The second-order valence-electron chi connectivity index (χ2n) is 7.12. The molecule has 0 bridgehead atoms. The molecule has 1 unspecified atom stereocenters. The van der Waals surface area contributed by atoms with Gasteiger partial charge in [-0.25, -0.2) is 8.42 Å². The van der Waals surface area contributed by atoms with Gasteiger partial charge in [-0.05, 0) is 48.6 Å². The van der Waals surface area contributed by atoms with Crippen LogP contribution in [-0.4, -0.2) is 49.0 Å². The third-order valence-corrected chi connectivity index (χ3v) is 7.81. The van der Waals surface area contributed by atoms with Crippen LogP contribution in [0.2, 0.25) is 0 Å². The Hall–Kier alpha value is -2.76. The monoisotopic (exact) mass is 462 g/mol. The number of piperidine rings is 1. The van der Waals surface area contributed by atoms with Crippen molar-refractivity contribution in [1.82, 2.24) is 14.5 Å². The van der Waals surface area contributed by atoms with Crippen molar-refractivity contribution < 1.29 is 22.4 Å². The lowest BCUT2D eigenvalue weighted by molar-refractivity contribution is -0.121. The van der Waals surface area contributed by atoms with Crippen LogP contribution < -0.4 is 10.1 Å². The van der Waals surface area contributed by atoms with Crippen LogP contribution >= 0.6 is 11.3 Å². The van der Waals surface area contributed by atoms with Gasteiger partial charge in [-0.3, -0.25) is 10.1 Å². The van der Waals surface area contributed by atoms with Crippen molar-refractivity contribution in [2.24, 2.45) is 5.92 Å². The second-order valence-corrected chi connectivity index (χ2v) is 10.1. The number of rotatable bonds is 7. The molecule has 31 heavy (non-hydrogen) atoms. The number of methoxy groups -OCH3 is 1. The highest BCUT2D eigenvalue weighted by atomic mass is 32.2. The van der Waals surface area contributed by atoms with Crippen LogP contribution in [0.25, 0.3) is 0 Å². The molecule has 164 valence electrons. The minimum absolute atomic E-state index is 0.0201. The maximum atomic E-state index is 13.0. The molecule has 1 N–H and O–H groups in total. The quantitative estimate of drug-likeness (QED) is 0.574. The van der Waals surface area contributed by atoms with Gasteiger partial charge in [0.1, 0.15) is 5.75 Å². The number of aromatic nitrogens is 2. The molecule has 1 saturated heterocycles. The Kier molecular flexibility index (Phi) is 6.35. The number of thiophene rings is 1. The maximum Gasteiger partial charge on any atom is 0.322 e. The van der Waals surface area contributed by atoms with E-state index >= 15 is 0 Å². The van der Waals surface area contributed by atoms with Crippen LogP contribution in [0.4, 0.5) is 6.01 Å². The maximum absolute atomic E-state index is 13.0. The molecule has 1 aliphatic heterocycles. The van der Waals surface area contributed by atoms with E-state index in [1.54, 1.807) is 23.5 Å². The molecule has 1 fully saturated rings. The van der Waals surface area contributed by atoms with E-state index in [2.05, 4.69) is 15.5 Å². The fourth-order valence-corrected chi connectivity index (χ4v) is 5.64. The number of hydrogen-bond donors (Lipinski definition) is 1. The molecule has 0 aliphatic carbocycles. The summed E-state index contributed by atoms with van der Waals surface area (Å²) in [6, 6.07) is 10.1. The first kappa shape index (κ1) is 21.5. The van der Waals surface area contributed by atoms with E-state index in [-0.39, 0.29) is 23.4 Å². The lowest BCUT2D eigenvalue weighted by Gasteiger charge is -2.30. The topological polar surface area (TPSA) is 115 Å². The summed E-state index contributed by atoms with van der Waals surface area (Å²) in [5.74, 6) is 0.147. The van der Waals surface area contributed by atoms with Gasteiger partial charge < -0.3 is 9.15 Å². The van der Waals surface area contributed by atoms with Gasteiger partial charge in [0.25, 0.3) is 0 Å². The Morgan fingerprint density at radius 2 is 2.10 bits per heavy atom. The third-order valence-electron chi connectivity index (χ3n) is 5.05. The van der Waals surface area contributed by atoms with Crippen LogP contribution in [-0.2, 0) is 21.2 Å². The number of sulfonamides is 1. The molecule has 11 heteroatoms. The van der Waals surface area contributed by atoms with Crippen molar-refractivity contribution in [2.45, 2.75) is 24.2 Å². The number of anilines is 1.